The molecule has 0 aliphatic heterocycles. The van der Waals surface area contributed by atoms with E-state index in [0.717, 1.165) is 19.3 Å². The van der Waals surface area contributed by atoms with Crippen molar-refractivity contribution < 1.29 is 19.4 Å². The highest BCUT2D eigenvalue weighted by Crippen LogP contribution is 2.43. The lowest BCUT2D eigenvalue weighted by Gasteiger charge is -2.40. The number of aliphatic carboxylic acids is 1. The molecule has 0 heterocycles. The highest BCUT2D eigenvalue weighted by molar-refractivity contribution is 5.76. The van der Waals surface area contributed by atoms with Crippen molar-refractivity contribution in [3.05, 3.63) is 0 Å². The van der Waals surface area contributed by atoms with Gasteiger partial charge in [0.1, 0.15) is 0 Å². The molecule has 0 aromatic heterocycles. The Hall–Kier alpha value is -1.10. The Morgan fingerprint density at radius 3 is 2.61 bits per heavy atom. The zero-order chi connectivity index (χ0) is 13.4. The van der Waals surface area contributed by atoms with Gasteiger partial charge >= 0.3 is 5.97 Å². The Balaban J connectivity index is 2.18. The van der Waals surface area contributed by atoms with Gasteiger partial charge in [-0.1, -0.05) is 6.42 Å². The fourth-order valence-electron chi connectivity index (χ4n) is 2.27. The molecule has 0 atom stereocenters. The number of nitrogens with one attached hydrogen (secondary N) is 1. The molecule has 1 rings (SSSR count). The van der Waals surface area contributed by atoms with E-state index < -0.39 is 5.97 Å². The Bertz CT molecular complexity index is 287. The molecule has 0 aromatic rings. The second-order valence-electron chi connectivity index (χ2n) is 5.00. The van der Waals surface area contributed by atoms with E-state index >= 15 is 0 Å². The van der Waals surface area contributed by atoms with Crippen molar-refractivity contribution in [3.63, 3.8) is 0 Å². The van der Waals surface area contributed by atoms with Gasteiger partial charge in [0.05, 0.1) is 6.42 Å². The zero-order valence-corrected chi connectivity index (χ0v) is 11.0. The van der Waals surface area contributed by atoms with Gasteiger partial charge in [-0.3, -0.25) is 9.59 Å². The highest BCUT2D eigenvalue weighted by atomic mass is 16.5. The molecule has 104 valence electrons. The maximum atomic E-state index is 11.6. The number of amides is 1. The predicted octanol–water partition coefficient (Wildman–Crippen LogP) is 1.56. The topological polar surface area (TPSA) is 75.6 Å². The summed E-state index contributed by atoms with van der Waals surface area (Å²) in [4.78, 5) is 22.3. The van der Waals surface area contributed by atoms with Crippen LogP contribution in [0.25, 0.3) is 0 Å². The van der Waals surface area contributed by atoms with Crippen LogP contribution in [0.4, 0.5) is 0 Å². The van der Waals surface area contributed by atoms with Crippen LogP contribution in [-0.4, -0.2) is 36.7 Å². The molecular weight excluding hydrogens is 234 g/mol. The lowest BCUT2D eigenvalue weighted by molar-refractivity contribution is -0.141. The summed E-state index contributed by atoms with van der Waals surface area (Å²) < 4.78 is 5.16. The molecule has 1 aliphatic carbocycles. The molecule has 18 heavy (non-hydrogen) atoms. The average molecular weight is 257 g/mol. The summed E-state index contributed by atoms with van der Waals surface area (Å²) in [5.41, 5.74) is -0.193. The van der Waals surface area contributed by atoms with Gasteiger partial charge in [0.2, 0.25) is 5.91 Å². The average Bonchev–Trinajstić information content (AvgIpc) is 2.27. The molecule has 1 aliphatic rings. The van der Waals surface area contributed by atoms with Crippen molar-refractivity contribution in [2.75, 3.05) is 19.8 Å². The quantitative estimate of drug-likeness (QED) is 0.615. The first-order valence-electron chi connectivity index (χ1n) is 6.64. The third-order valence-electron chi connectivity index (χ3n) is 3.50. The van der Waals surface area contributed by atoms with Crippen molar-refractivity contribution in [2.45, 2.75) is 45.4 Å². The van der Waals surface area contributed by atoms with Gasteiger partial charge in [-0.25, -0.2) is 0 Å². The van der Waals surface area contributed by atoms with Crippen LogP contribution in [0.2, 0.25) is 0 Å². The van der Waals surface area contributed by atoms with Gasteiger partial charge in [-0.2, -0.15) is 0 Å². The maximum absolute atomic E-state index is 11.6. The van der Waals surface area contributed by atoms with Crippen molar-refractivity contribution >= 4 is 11.9 Å². The zero-order valence-electron chi connectivity index (χ0n) is 11.0. The molecule has 0 aromatic carbocycles. The number of carbonyl (C=O) groups excluding carboxylic acids is 1. The largest absolute Gasteiger partial charge is 0.481 e. The molecule has 1 amide bonds. The second-order valence-corrected chi connectivity index (χ2v) is 5.00. The van der Waals surface area contributed by atoms with E-state index in [-0.39, 0.29) is 17.7 Å². The molecular formula is C13H23NO4. The Morgan fingerprint density at radius 2 is 2.11 bits per heavy atom. The van der Waals surface area contributed by atoms with E-state index in [0.29, 0.717) is 32.6 Å². The van der Waals surface area contributed by atoms with E-state index in [1.807, 2.05) is 6.92 Å². The summed E-state index contributed by atoms with van der Waals surface area (Å²) in [7, 11) is 0. The van der Waals surface area contributed by atoms with E-state index in [2.05, 4.69) is 5.32 Å². The first-order chi connectivity index (χ1) is 8.58. The van der Waals surface area contributed by atoms with E-state index in [9.17, 15) is 9.59 Å². The monoisotopic (exact) mass is 257 g/mol. The van der Waals surface area contributed by atoms with Crippen molar-refractivity contribution in [3.8, 4) is 0 Å². The van der Waals surface area contributed by atoms with Crippen LogP contribution in [0, 0.1) is 5.41 Å². The van der Waals surface area contributed by atoms with Crippen LogP contribution in [-0.2, 0) is 14.3 Å². The van der Waals surface area contributed by atoms with Crippen LogP contribution < -0.4 is 5.32 Å². The summed E-state index contributed by atoms with van der Waals surface area (Å²) >= 11 is 0. The molecule has 2 N–H and O–H groups in total. The second kappa shape index (κ2) is 7.36. The molecule has 1 saturated carbocycles. The highest BCUT2D eigenvalue weighted by Gasteiger charge is 2.39. The minimum absolute atomic E-state index is 0.00799. The molecule has 5 nitrogen and oxygen atoms in total. The van der Waals surface area contributed by atoms with Gasteiger partial charge in [0.15, 0.2) is 0 Å². The van der Waals surface area contributed by atoms with Crippen LogP contribution in [0.3, 0.4) is 0 Å². The Morgan fingerprint density at radius 1 is 1.39 bits per heavy atom. The van der Waals surface area contributed by atoms with Crippen molar-refractivity contribution in [2.24, 2.45) is 5.41 Å². The number of carboxylic acids is 1. The lowest BCUT2D eigenvalue weighted by Crippen LogP contribution is -2.43. The van der Waals surface area contributed by atoms with Gasteiger partial charge < -0.3 is 15.2 Å². The molecule has 0 unspecified atom stereocenters. The van der Waals surface area contributed by atoms with Gasteiger partial charge in [0, 0.05) is 26.2 Å². The van der Waals surface area contributed by atoms with E-state index in [1.54, 1.807) is 0 Å². The minimum Gasteiger partial charge on any atom is -0.481 e. The smallest absolute Gasteiger partial charge is 0.303 e. The van der Waals surface area contributed by atoms with Crippen LogP contribution in [0.15, 0.2) is 0 Å². The molecule has 0 spiro atoms. The predicted molar refractivity (Wildman–Crippen MR) is 67.3 cm³/mol. The number of carbonyl (C=O) groups is 2. The van der Waals surface area contributed by atoms with Crippen LogP contribution >= 0.6 is 0 Å². The lowest BCUT2D eigenvalue weighted by atomic mass is 9.66. The standard InChI is InChI=1S/C13H23NO4/c1-2-18-8-3-5-11(15)14-10-13(6-4-7-13)9-12(16)17/h2-10H2,1H3,(H,14,15)(H,16,17). The Labute approximate surface area is 108 Å². The fourth-order valence-corrected chi connectivity index (χ4v) is 2.27. The van der Waals surface area contributed by atoms with Crippen LogP contribution in [0.5, 0.6) is 0 Å². The van der Waals surface area contributed by atoms with Crippen LogP contribution in [0.1, 0.15) is 45.4 Å². The minimum atomic E-state index is -0.778. The summed E-state index contributed by atoms with van der Waals surface area (Å²) in [6.45, 7) is 3.69. The number of hydrogen-bond donors (Lipinski definition) is 2. The molecule has 0 saturated heterocycles. The number of carboxylic acid groups (broad SMARTS) is 1. The molecule has 1 fully saturated rings. The first-order valence-corrected chi connectivity index (χ1v) is 6.64. The SMILES string of the molecule is CCOCCCC(=O)NCC1(CC(=O)O)CCC1. The molecule has 0 radical (unpaired) electrons. The van der Waals surface area contributed by atoms with Crippen molar-refractivity contribution in [1.82, 2.24) is 5.32 Å². The maximum Gasteiger partial charge on any atom is 0.303 e. The number of rotatable bonds is 9. The fraction of sp³-hybridized carbons (Fsp3) is 0.846. The van der Waals surface area contributed by atoms with Gasteiger partial charge in [-0.05, 0) is 31.6 Å². The summed E-state index contributed by atoms with van der Waals surface area (Å²) in [6, 6.07) is 0. The number of hydrogen-bond acceptors (Lipinski definition) is 3. The third-order valence-corrected chi connectivity index (χ3v) is 3.50. The number of ether oxygens (including phenoxy) is 1. The van der Waals surface area contributed by atoms with Gasteiger partial charge in [0.25, 0.3) is 0 Å². The first kappa shape index (κ1) is 15.0. The molecule has 5 heteroatoms. The summed E-state index contributed by atoms with van der Waals surface area (Å²) in [5, 5.41) is 11.7. The Kier molecular flexibility index (Phi) is 6.12. The summed E-state index contributed by atoms with van der Waals surface area (Å²) in [6.07, 6.45) is 4.19. The summed E-state index contributed by atoms with van der Waals surface area (Å²) in [5.74, 6) is -0.785. The normalized spacial score (nSPS) is 16.9. The van der Waals surface area contributed by atoms with Gasteiger partial charge in [-0.15, -0.1) is 0 Å². The van der Waals surface area contributed by atoms with E-state index in [4.69, 9.17) is 9.84 Å². The van der Waals surface area contributed by atoms with Crippen molar-refractivity contribution in [1.29, 1.82) is 0 Å². The van der Waals surface area contributed by atoms with E-state index in [1.165, 1.54) is 0 Å². The molecule has 0 bridgehead atoms. The third kappa shape index (κ3) is 5.04.